The molecule has 112 valence electrons. The van der Waals surface area contributed by atoms with Gasteiger partial charge < -0.3 is 9.64 Å². The van der Waals surface area contributed by atoms with Crippen LogP contribution >= 0.6 is 0 Å². The van der Waals surface area contributed by atoms with Crippen molar-refractivity contribution in [2.75, 3.05) is 27.8 Å². The fourth-order valence-electron chi connectivity index (χ4n) is 1.67. The summed E-state index contributed by atoms with van der Waals surface area (Å²) in [6.45, 7) is 2.27. The molecule has 0 aliphatic rings. The zero-order chi connectivity index (χ0) is 15.3. The highest BCUT2D eigenvalue weighted by Crippen LogP contribution is 2.13. The molecule has 0 unspecified atom stereocenters. The third kappa shape index (κ3) is 3.78. The maximum Gasteiger partial charge on any atom is 0.253 e. The Labute approximate surface area is 119 Å². The molecule has 0 aromatic heterocycles. The highest BCUT2D eigenvalue weighted by atomic mass is 32.2. The van der Waals surface area contributed by atoms with Crippen LogP contribution in [0.4, 0.5) is 0 Å². The number of nitrogens with zero attached hydrogens (tertiary/aromatic N) is 1. The second kappa shape index (κ2) is 6.83. The van der Waals surface area contributed by atoms with Crippen molar-refractivity contribution in [1.82, 2.24) is 9.62 Å². The Bertz CT molecular complexity index is 571. The van der Waals surface area contributed by atoms with E-state index in [4.69, 9.17) is 4.74 Å². The van der Waals surface area contributed by atoms with Crippen LogP contribution in [0.1, 0.15) is 17.3 Å². The molecule has 6 nitrogen and oxygen atoms in total. The smallest absolute Gasteiger partial charge is 0.253 e. The number of amides is 1. The Kier molecular flexibility index (Phi) is 5.67. The minimum atomic E-state index is -3.56. The van der Waals surface area contributed by atoms with E-state index in [-0.39, 0.29) is 16.8 Å². The van der Waals surface area contributed by atoms with Gasteiger partial charge in [0.05, 0.1) is 17.5 Å². The summed E-state index contributed by atoms with van der Waals surface area (Å²) in [6, 6.07) is 5.85. The summed E-state index contributed by atoms with van der Waals surface area (Å²) in [6.07, 6.45) is 0. The quantitative estimate of drug-likeness (QED) is 0.839. The van der Waals surface area contributed by atoms with Crippen LogP contribution in [0.5, 0.6) is 0 Å². The van der Waals surface area contributed by atoms with Gasteiger partial charge in [-0.05, 0) is 32.2 Å². The Morgan fingerprint density at radius 1 is 1.45 bits per heavy atom. The third-order valence-electron chi connectivity index (χ3n) is 3.05. The molecule has 1 atom stereocenters. The van der Waals surface area contributed by atoms with Gasteiger partial charge in [-0.15, -0.1) is 0 Å². The first-order chi connectivity index (χ1) is 9.33. The maximum atomic E-state index is 12.3. The van der Waals surface area contributed by atoms with Crippen molar-refractivity contribution < 1.29 is 17.9 Å². The minimum absolute atomic E-state index is 0.0682. The first-order valence-corrected chi connectivity index (χ1v) is 7.61. The number of ether oxygens (including phenoxy) is 1. The SMILES string of the molecule is CNS(=O)(=O)c1cccc(C(=O)N(C)[C@@H](C)COC)c1. The van der Waals surface area contributed by atoms with Crippen molar-refractivity contribution in [3.05, 3.63) is 29.8 Å². The molecule has 0 bridgehead atoms. The molecule has 0 aliphatic heterocycles. The average molecular weight is 300 g/mol. The summed E-state index contributed by atoms with van der Waals surface area (Å²) in [4.78, 5) is 13.9. The Hall–Kier alpha value is -1.44. The number of benzene rings is 1. The van der Waals surface area contributed by atoms with E-state index in [2.05, 4.69) is 4.72 Å². The lowest BCUT2D eigenvalue weighted by atomic mass is 10.2. The van der Waals surface area contributed by atoms with Crippen molar-refractivity contribution in [1.29, 1.82) is 0 Å². The second-order valence-electron chi connectivity index (χ2n) is 4.46. The number of likely N-dealkylation sites (N-methyl/N-ethyl adjacent to an activating group) is 1. The molecule has 20 heavy (non-hydrogen) atoms. The van der Waals surface area contributed by atoms with Gasteiger partial charge in [-0.1, -0.05) is 6.07 Å². The average Bonchev–Trinajstić information content (AvgIpc) is 2.46. The molecule has 0 aliphatic carbocycles. The van der Waals surface area contributed by atoms with Crippen LogP contribution in [0.15, 0.2) is 29.2 Å². The Balaban J connectivity index is 3.03. The Morgan fingerprint density at radius 3 is 2.65 bits per heavy atom. The van der Waals surface area contributed by atoms with Gasteiger partial charge in [-0.25, -0.2) is 13.1 Å². The summed E-state index contributed by atoms with van der Waals surface area (Å²) in [7, 11) is 0.997. The van der Waals surface area contributed by atoms with E-state index in [1.54, 1.807) is 26.3 Å². The van der Waals surface area contributed by atoms with Gasteiger partial charge in [0.1, 0.15) is 0 Å². The molecule has 1 rings (SSSR count). The van der Waals surface area contributed by atoms with Gasteiger partial charge in [0.2, 0.25) is 10.0 Å². The van der Waals surface area contributed by atoms with Crippen LogP contribution in [-0.4, -0.2) is 53.1 Å². The first-order valence-electron chi connectivity index (χ1n) is 6.13. The number of methoxy groups -OCH3 is 1. The van der Waals surface area contributed by atoms with Crippen molar-refractivity contribution in [3.63, 3.8) is 0 Å². The topological polar surface area (TPSA) is 75.7 Å². The summed E-state index contributed by atoms with van der Waals surface area (Å²) in [5, 5.41) is 0. The number of carbonyl (C=O) groups excluding carboxylic acids is 1. The zero-order valence-electron chi connectivity index (χ0n) is 12.1. The summed E-state index contributed by atoms with van der Waals surface area (Å²) in [5.41, 5.74) is 0.326. The molecule has 7 heteroatoms. The molecule has 0 heterocycles. The van der Waals surface area contributed by atoms with Crippen molar-refractivity contribution >= 4 is 15.9 Å². The number of carbonyl (C=O) groups is 1. The van der Waals surface area contributed by atoms with Crippen molar-refractivity contribution in [2.45, 2.75) is 17.9 Å². The van der Waals surface area contributed by atoms with Gasteiger partial charge in [0.15, 0.2) is 0 Å². The molecule has 0 spiro atoms. The second-order valence-corrected chi connectivity index (χ2v) is 6.34. The van der Waals surface area contributed by atoms with Gasteiger partial charge in [-0.3, -0.25) is 4.79 Å². The van der Waals surface area contributed by atoms with E-state index in [0.29, 0.717) is 12.2 Å². The van der Waals surface area contributed by atoms with Gasteiger partial charge >= 0.3 is 0 Å². The predicted molar refractivity (Wildman–Crippen MR) is 76.1 cm³/mol. The lowest BCUT2D eigenvalue weighted by molar-refractivity contribution is 0.0633. The molecular weight excluding hydrogens is 280 g/mol. The molecule has 0 fully saturated rings. The monoisotopic (exact) mass is 300 g/mol. The predicted octanol–water partition coefficient (Wildman–Crippen LogP) is 0.702. The molecule has 1 aromatic carbocycles. The standard InChI is InChI=1S/C13H20N2O4S/c1-10(9-19-4)15(3)13(16)11-6-5-7-12(8-11)20(17,18)14-2/h5-8,10,14H,9H2,1-4H3/t10-/m0/s1. The third-order valence-corrected chi connectivity index (χ3v) is 4.46. The van der Waals surface area contributed by atoms with Gasteiger partial charge in [0, 0.05) is 19.7 Å². The van der Waals surface area contributed by atoms with Crippen LogP contribution in [0.3, 0.4) is 0 Å². The zero-order valence-corrected chi connectivity index (χ0v) is 12.9. The van der Waals surface area contributed by atoms with Crippen LogP contribution < -0.4 is 4.72 Å². The van der Waals surface area contributed by atoms with Gasteiger partial charge in [-0.2, -0.15) is 0 Å². The largest absolute Gasteiger partial charge is 0.383 e. The lowest BCUT2D eigenvalue weighted by Crippen LogP contribution is -2.37. The Morgan fingerprint density at radius 2 is 2.10 bits per heavy atom. The highest BCUT2D eigenvalue weighted by Gasteiger charge is 2.19. The number of sulfonamides is 1. The van der Waals surface area contributed by atoms with Crippen molar-refractivity contribution in [2.24, 2.45) is 0 Å². The van der Waals surface area contributed by atoms with E-state index in [0.717, 1.165) is 0 Å². The molecular formula is C13H20N2O4S. The van der Waals surface area contributed by atoms with E-state index >= 15 is 0 Å². The number of rotatable bonds is 6. The first kappa shape index (κ1) is 16.6. The van der Waals surface area contributed by atoms with Crippen LogP contribution in [-0.2, 0) is 14.8 Å². The maximum absolute atomic E-state index is 12.3. The molecule has 1 aromatic rings. The summed E-state index contributed by atoms with van der Waals surface area (Å²) >= 11 is 0. The van der Waals surface area contributed by atoms with Crippen LogP contribution in [0, 0.1) is 0 Å². The van der Waals surface area contributed by atoms with Crippen LogP contribution in [0.25, 0.3) is 0 Å². The minimum Gasteiger partial charge on any atom is -0.383 e. The van der Waals surface area contributed by atoms with E-state index in [1.807, 2.05) is 6.92 Å². The number of nitrogens with one attached hydrogen (secondary N) is 1. The number of hydrogen-bond donors (Lipinski definition) is 1. The number of hydrogen-bond acceptors (Lipinski definition) is 4. The summed E-state index contributed by atoms with van der Waals surface area (Å²) < 4.78 is 30.7. The highest BCUT2D eigenvalue weighted by molar-refractivity contribution is 7.89. The van der Waals surface area contributed by atoms with Gasteiger partial charge in [0.25, 0.3) is 5.91 Å². The fourth-order valence-corrected chi connectivity index (χ4v) is 2.45. The summed E-state index contributed by atoms with van der Waals surface area (Å²) in [5.74, 6) is -0.247. The van der Waals surface area contributed by atoms with E-state index < -0.39 is 10.0 Å². The van der Waals surface area contributed by atoms with E-state index in [9.17, 15) is 13.2 Å². The molecule has 1 N–H and O–H groups in total. The fraction of sp³-hybridized carbons (Fsp3) is 0.462. The molecule has 1 amide bonds. The molecule has 0 saturated heterocycles. The van der Waals surface area contributed by atoms with Crippen molar-refractivity contribution in [3.8, 4) is 0 Å². The molecule has 0 radical (unpaired) electrons. The van der Waals surface area contributed by atoms with Crippen LogP contribution in [0.2, 0.25) is 0 Å². The molecule has 0 saturated carbocycles. The van der Waals surface area contributed by atoms with E-state index in [1.165, 1.54) is 24.1 Å². The normalized spacial score (nSPS) is 13.0. The lowest BCUT2D eigenvalue weighted by Gasteiger charge is -2.24.